The Labute approximate surface area is 118 Å². The SMILES string of the molecule is COc1cccc(CC2CCc3ccccc3N2)c1F. The summed E-state index contributed by atoms with van der Waals surface area (Å²) < 4.78 is 19.2. The Bertz CT molecular complexity index is 612. The average molecular weight is 271 g/mol. The van der Waals surface area contributed by atoms with Crippen molar-refractivity contribution in [1.82, 2.24) is 0 Å². The van der Waals surface area contributed by atoms with E-state index in [1.807, 2.05) is 18.2 Å². The Morgan fingerprint density at radius 3 is 2.90 bits per heavy atom. The molecule has 2 nitrogen and oxygen atoms in total. The molecule has 0 bridgehead atoms. The fraction of sp³-hybridized carbons (Fsp3) is 0.294. The first kappa shape index (κ1) is 13.0. The molecule has 0 aliphatic carbocycles. The van der Waals surface area contributed by atoms with E-state index in [-0.39, 0.29) is 11.9 Å². The van der Waals surface area contributed by atoms with Crippen LogP contribution in [-0.2, 0) is 12.8 Å². The van der Waals surface area contributed by atoms with Crippen molar-refractivity contribution in [1.29, 1.82) is 0 Å². The molecular formula is C17H18FNO. The molecule has 0 radical (unpaired) electrons. The first-order chi connectivity index (χ1) is 9.78. The summed E-state index contributed by atoms with van der Waals surface area (Å²) in [4.78, 5) is 0. The number of benzene rings is 2. The number of halogens is 1. The maximum atomic E-state index is 14.2. The minimum Gasteiger partial charge on any atom is -0.494 e. The molecule has 0 amide bonds. The van der Waals surface area contributed by atoms with E-state index in [1.165, 1.54) is 18.4 Å². The highest BCUT2D eigenvalue weighted by molar-refractivity contribution is 5.54. The fourth-order valence-corrected chi connectivity index (χ4v) is 2.79. The van der Waals surface area contributed by atoms with Gasteiger partial charge in [0.25, 0.3) is 0 Å². The van der Waals surface area contributed by atoms with Crippen LogP contribution in [0, 0.1) is 5.82 Å². The van der Waals surface area contributed by atoms with Crippen LogP contribution in [0.3, 0.4) is 0 Å². The van der Waals surface area contributed by atoms with Gasteiger partial charge >= 0.3 is 0 Å². The van der Waals surface area contributed by atoms with Crippen LogP contribution in [0.2, 0.25) is 0 Å². The minimum atomic E-state index is -0.240. The van der Waals surface area contributed by atoms with Gasteiger partial charge in [-0.2, -0.15) is 0 Å². The second-order valence-electron chi connectivity index (χ2n) is 5.17. The number of para-hydroxylation sites is 1. The minimum absolute atomic E-state index is 0.240. The summed E-state index contributed by atoms with van der Waals surface area (Å²) in [6.45, 7) is 0. The lowest BCUT2D eigenvalue weighted by molar-refractivity contribution is 0.383. The van der Waals surface area contributed by atoms with Crippen molar-refractivity contribution in [3.05, 3.63) is 59.4 Å². The van der Waals surface area contributed by atoms with Gasteiger partial charge in [-0.3, -0.25) is 0 Å². The normalized spacial score (nSPS) is 17.2. The van der Waals surface area contributed by atoms with E-state index < -0.39 is 0 Å². The number of nitrogens with one attached hydrogen (secondary N) is 1. The second kappa shape index (κ2) is 5.53. The number of aryl methyl sites for hydroxylation is 1. The van der Waals surface area contributed by atoms with E-state index in [9.17, 15) is 4.39 Å². The summed E-state index contributed by atoms with van der Waals surface area (Å²) in [7, 11) is 1.50. The number of hydrogen-bond donors (Lipinski definition) is 1. The van der Waals surface area contributed by atoms with Crippen LogP contribution >= 0.6 is 0 Å². The molecule has 0 saturated heterocycles. The van der Waals surface area contributed by atoms with Crippen molar-refractivity contribution < 1.29 is 9.13 Å². The molecule has 1 atom stereocenters. The molecule has 1 heterocycles. The van der Waals surface area contributed by atoms with Gasteiger partial charge in [0.1, 0.15) is 0 Å². The summed E-state index contributed by atoms with van der Waals surface area (Å²) in [6.07, 6.45) is 2.74. The zero-order chi connectivity index (χ0) is 13.9. The van der Waals surface area contributed by atoms with Gasteiger partial charge in [-0.25, -0.2) is 4.39 Å². The highest BCUT2D eigenvalue weighted by Crippen LogP contribution is 2.27. The van der Waals surface area contributed by atoms with E-state index >= 15 is 0 Å². The quantitative estimate of drug-likeness (QED) is 0.916. The van der Waals surface area contributed by atoms with Crippen molar-refractivity contribution in [2.45, 2.75) is 25.3 Å². The van der Waals surface area contributed by atoms with Crippen LogP contribution in [-0.4, -0.2) is 13.2 Å². The van der Waals surface area contributed by atoms with E-state index in [4.69, 9.17) is 4.74 Å². The van der Waals surface area contributed by atoms with E-state index in [0.29, 0.717) is 17.7 Å². The van der Waals surface area contributed by atoms with E-state index in [1.54, 1.807) is 6.07 Å². The van der Waals surface area contributed by atoms with Crippen LogP contribution in [0.4, 0.5) is 10.1 Å². The maximum Gasteiger partial charge on any atom is 0.168 e. The van der Waals surface area contributed by atoms with Gasteiger partial charge < -0.3 is 10.1 Å². The van der Waals surface area contributed by atoms with Crippen LogP contribution in [0.5, 0.6) is 5.75 Å². The molecule has 3 heteroatoms. The Hall–Kier alpha value is -2.03. The lowest BCUT2D eigenvalue weighted by Crippen LogP contribution is -2.27. The standard InChI is InChI=1S/C17H18FNO/c1-20-16-8-4-6-13(17(16)18)11-14-10-9-12-5-2-3-7-15(12)19-14/h2-8,14,19H,9-11H2,1H3. The highest BCUT2D eigenvalue weighted by atomic mass is 19.1. The summed E-state index contributed by atoms with van der Waals surface area (Å²) in [5.41, 5.74) is 3.23. The molecule has 3 rings (SSSR count). The second-order valence-corrected chi connectivity index (χ2v) is 5.17. The number of ether oxygens (including phenoxy) is 1. The molecule has 1 unspecified atom stereocenters. The van der Waals surface area contributed by atoms with Gasteiger partial charge in [0, 0.05) is 11.7 Å². The van der Waals surface area contributed by atoms with Crippen LogP contribution in [0.1, 0.15) is 17.5 Å². The zero-order valence-electron chi connectivity index (χ0n) is 11.5. The van der Waals surface area contributed by atoms with Crippen molar-refractivity contribution in [2.24, 2.45) is 0 Å². The fourth-order valence-electron chi connectivity index (χ4n) is 2.79. The van der Waals surface area contributed by atoms with Crippen LogP contribution in [0.15, 0.2) is 42.5 Å². The molecule has 20 heavy (non-hydrogen) atoms. The van der Waals surface area contributed by atoms with Gasteiger partial charge in [-0.15, -0.1) is 0 Å². The molecule has 2 aromatic rings. The molecule has 1 aliphatic rings. The monoisotopic (exact) mass is 271 g/mol. The third-order valence-corrected chi connectivity index (χ3v) is 3.87. The Kier molecular flexibility index (Phi) is 3.59. The summed E-state index contributed by atoms with van der Waals surface area (Å²) in [6, 6.07) is 13.9. The van der Waals surface area contributed by atoms with Crippen molar-refractivity contribution in [3.63, 3.8) is 0 Å². The lowest BCUT2D eigenvalue weighted by atomic mass is 9.93. The van der Waals surface area contributed by atoms with Crippen LogP contribution in [0.25, 0.3) is 0 Å². The molecule has 0 fully saturated rings. The topological polar surface area (TPSA) is 21.3 Å². The number of anilines is 1. The molecular weight excluding hydrogens is 253 g/mol. The largest absolute Gasteiger partial charge is 0.494 e. The highest BCUT2D eigenvalue weighted by Gasteiger charge is 2.19. The lowest BCUT2D eigenvalue weighted by Gasteiger charge is -2.27. The number of methoxy groups -OCH3 is 1. The van der Waals surface area contributed by atoms with E-state index in [0.717, 1.165) is 12.8 Å². The first-order valence-corrected chi connectivity index (χ1v) is 6.94. The Morgan fingerprint density at radius 1 is 1.20 bits per heavy atom. The van der Waals surface area contributed by atoms with Crippen molar-refractivity contribution >= 4 is 5.69 Å². The predicted octanol–water partition coefficient (Wildman–Crippen LogP) is 3.80. The van der Waals surface area contributed by atoms with E-state index in [2.05, 4.69) is 23.5 Å². The first-order valence-electron chi connectivity index (χ1n) is 6.94. The summed E-state index contributed by atoms with van der Waals surface area (Å²) in [5.74, 6) is 0.0781. The third kappa shape index (κ3) is 2.48. The van der Waals surface area contributed by atoms with Crippen molar-refractivity contribution in [2.75, 3.05) is 12.4 Å². The summed E-state index contributed by atoms with van der Waals surface area (Å²) in [5, 5.41) is 3.50. The van der Waals surface area contributed by atoms with Gasteiger partial charge in [-0.05, 0) is 42.5 Å². The number of rotatable bonds is 3. The Morgan fingerprint density at radius 2 is 2.05 bits per heavy atom. The predicted molar refractivity (Wildman–Crippen MR) is 78.8 cm³/mol. The van der Waals surface area contributed by atoms with Crippen LogP contribution < -0.4 is 10.1 Å². The zero-order valence-corrected chi connectivity index (χ0v) is 11.5. The molecule has 0 aromatic heterocycles. The third-order valence-electron chi connectivity index (χ3n) is 3.87. The maximum absolute atomic E-state index is 14.2. The van der Waals surface area contributed by atoms with Crippen molar-refractivity contribution in [3.8, 4) is 5.75 Å². The van der Waals surface area contributed by atoms with Gasteiger partial charge in [0.05, 0.1) is 7.11 Å². The summed E-state index contributed by atoms with van der Waals surface area (Å²) >= 11 is 0. The van der Waals surface area contributed by atoms with Gasteiger partial charge in [0.2, 0.25) is 0 Å². The van der Waals surface area contributed by atoms with Gasteiger partial charge in [0.15, 0.2) is 11.6 Å². The molecule has 104 valence electrons. The molecule has 1 aliphatic heterocycles. The smallest absolute Gasteiger partial charge is 0.168 e. The molecule has 2 aromatic carbocycles. The molecule has 0 spiro atoms. The van der Waals surface area contributed by atoms with Gasteiger partial charge in [-0.1, -0.05) is 30.3 Å². The Balaban J connectivity index is 1.77. The molecule has 1 N–H and O–H groups in total. The molecule has 0 saturated carbocycles. The number of fused-ring (bicyclic) bond motifs is 1. The number of hydrogen-bond acceptors (Lipinski definition) is 2. The average Bonchev–Trinajstić information content (AvgIpc) is 2.49.